The number of hydrogen-bond donors (Lipinski definition) is 2. The largest absolute Gasteiger partial charge is 0.480 e. The fourth-order valence-corrected chi connectivity index (χ4v) is 1.95. The Hall–Kier alpha value is -0.630. The maximum absolute atomic E-state index is 11.7. The number of aliphatic carboxylic acids is 1. The van der Waals surface area contributed by atoms with Crippen molar-refractivity contribution < 1.29 is 14.7 Å². The number of carboxylic acids is 1. The number of benzene rings is 1. The van der Waals surface area contributed by atoms with Crippen LogP contribution in [0.25, 0.3) is 0 Å². The van der Waals surface area contributed by atoms with Crippen LogP contribution < -0.4 is 5.32 Å². The summed E-state index contributed by atoms with van der Waals surface area (Å²) in [6.45, 7) is 1.42. The number of halogens is 2. The Bertz CT molecular complexity index is 436. The first kappa shape index (κ1) is 13.4. The topological polar surface area (TPSA) is 66.4 Å². The summed E-state index contributed by atoms with van der Waals surface area (Å²) in [4.78, 5) is 22.3. The molecule has 0 saturated heterocycles. The van der Waals surface area contributed by atoms with Gasteiger partial charge in [0.2, 0.25) is 0 Å². The molecule has 6 heteroatoms. The maximum Gasteiger partial charge on any atom is 0.325 e. The monoisotopic (exact) mass is 397 g/mol. The Morgan fingerprint density at radius 3 is 2.69 bits per heavy atom. The molecule has 16 heavy (non-hydrogen) atoms. The van der Waals surface area contributed by atoms with Crippen molar-refractivity contribution in [3.05, 3.63) is 31.8 Å². The van der Waals surface area contributed by atoms with Gasteiger partial charge in [-0.05, 0) is 47.7 Å². The van der Waals surface area contributed by atoms with Gasteiger partial charge in [0.1, 0.15) is 6.04 Å². The van der Waals surface area contributed by atoms with E-state index in [1.807, 2.05) is 28.7 Å². The van der Waals surface area contributed by atoms with Crippen molar-refractivity contribution in [2.45, 2.75) is 13.0 Å². The van der Waals surface area contributed by atoms with Crippen LogP contribution >= 0.6 is 38.5 Å². The molecule has 4 nitrogen and oxygen atoms in total. The highest BCUT2D eigenvalue weighted by Gasteiger charge is 2.17. The molecule has 0 aromatic heterocycles. The smallest absolute Gasteiger partial charge is 0.325 e. The van der Waals surface area contributed by atoms with Crippen LogP contribution in [0.1, 0.15) is 17.3 Å². The van der Waals surface area contributed by atoms with Crippen LogP contribution in [-0.4, -0.2) is 23.0 Å². The summed E-state index contributed by atoms with van der Waals surface area (Å²) in [6.07, 6.45) is 0. The zero-order chi connectivity index (χ0) is 12.3. The first-order valence-corrected chi connectivity index (χ1v) is 6.27. The quantitative estimate of drug-likeness (QED) is 0.769. The van der Waals surface area contributed by atoms with E-state index in [9.17, 15) is 9.59 Å². The Morgan fingerprint density at radius 2 is 2.12 bits per heavy atom. The molecular formula is C10H9BrINO3. The lowest BCUT2D eigenvalue weighted by atomic mass is 10.2. The second-order valence-electron chi connectivity index (χ2n) is 3.16. The summed E-state index contributed by atoms with van der Waals surface area (Å²) in [5.74, 6) is -1.45. The first-order valence-electron chi connectivity index (χ1n) is 4.40. The average Bonchev–Trinajstić information content (AvgIpc) is 2.21. The molecule has 0 bridgehead atoms. The van der Waals surface area contributed by atoms with E-state index in [2.05, 4.69) is 21.2 Å². The number of hydrogen-bond acceptors (Lipinski definition) is 2. The molecule has 0 aliphatic carbocycles. The van der Waals surface area contributed by atoms with Gasteiger partial charge in [0.15, 0.2) is 0 Å². The molecule has 0 radical (unpaired) electrons. The Morgan fingerprint density at radius 1 is 1.50 bits per heavy atom. The SMILES string of the molecule is CC(NC(=O)c1cc(Br)ccc1I)C(=O)O. The molecule has 1 unspecified atom stereocenters. The molecule has 0 fully saturated rings. The molecule has 1 aromatic rings. The van der Waals surface area contributed by atoms with Crippen LogP contribution in [0, 0.1) is 3.57 Å². The Kier molecular flexibility index (Phi) is 4.72. The molecule has 1 aromatic carbocycles. The van der Waals surface area contributed by atoms with Crippen molar-refractivity contribution in [2.24, 2.45) is 0 Å². The molecule has 2 N–H and O–H groups in total. The van der Waals surface area contributed by atoms with Crippen LogP contribution in [0.5, 0.6) is 0 Å². The number of nitrogens with one attached hydrogen (secondary N) is 1. The number of carbonyl (C=O) groups excluding carboxylic acids is 1. The number of carboxylic acid groups (broad SMARTS) is 1. The standard InChI is InChI=1S/C10H9BrINO3/c1-5(10(15)16)13-9(14)7-4-6(11)2-3-8(7)12/h2-5H,1H3,(H,13,14)(H,15,16). The minimum absolute atomic E-state index is 0.388. The molecule has 0 heterocycles. The lowest BCUT2D eigenvalue weighted by Crippen LogP contribution is -2.38. The molecule has 86 valence electrons. The van der Waals surface area contributed by atoms with Crippen LogP contribution in [0.3, 0.4) is 0 Å². The van der Waals surface area contributed by atoms with E-state index in [4.69, 9.17) is 5.11 Å². The fraction of sp³-hybridized carbons (Fsp3) is 0.200. The van der Waals surface area contributed by atoms with Gasteiger partial charge in [0.05, 0.1) is 5.56 Å². The van der Waals surface area contributed by atoms with Gasteiger partial charge < -0.3 is 10.4 Å². The summed E-state index contributed by atoms with van der Waals surface area (Å²) >= 11 is 5.29. The minimum atomic E-state index is -1.06. The van der Waals surface area contributed by atoms with E-state index < -0.39 is 12.0 Å². The van der Waals surface area contributed by atoms with Gasteiger partial charge in [-0.3, -0.25) is 9.59 Å². The molecule has 1 rings (SSSR count). The first-order chi connectivity index (χ1) is 7.41. The zero-order valence-electron chi connectivity index (χ0n) is 8.33. The third kappa shape index (κ3) is 3.44. The van der Waals surface area contributed by atoms with Crippen molar-refractivity contribution in [2.75, 3.05) is 0 Å². The lowest BCUT2D eigenvalue weighted by molar-refractivity contribution is -0.138. The van der Waals surface area contributed by atoms with E-state index in [0.29, 0.717) is 5.56 Å². The number of amides is 1. The van der Waals surface area contributed by atoms with Gasteiger partial charge in [-0.1, -0.05) is 15.9 Å². The summed E-state index contributed by atoms with van der Waals surface area (Å²) in [5, 5.41) is 11.1. The van der Waals surface area contributed by atoms with Crippen molar-refractivity contribution in [3.8, 4) is 0 Å². The summed E-state index contributed by atoms with van der Waals surface area (Å²) < 4.78 is 1.55. The fourth-order valence-electron chi connectivity index (χ4n) is 1.01. The van der Waals surface area contributed by atoms with E-state index in [1.165, 1.54) is 6.92 Å². The van der Waals surface area contributed by atoms with E-state index in [1.54, 1.807) is 12.1 Å². The van der Waals surface area contributed by atoms with Crippen molar-refractivity contribution in [3.63, 3.8) is 0 Å². The molecule has 0 spiro atoms. The predicted molar refractivity (Wildman–Crippen MR) is 71.4 cm³/mol. The van der Waals surface area contributed by atoms with Gasteiger partial charge in [0.25, 0.3) is 5.91 Å². The number of rotatable bonds is 3. The molecule has 1 amide bonds. The summed E-state index contributed by atoms with van der Waals surface area (Å²) in [7, 11) is 0. The highest BCUT2D eigenvalue weighted by molar-refractivity contribution is 14.1. The Balaban J connectivity index is 2.88. The van der Waals surface area contributed by atoms with Crippen LogP contribution in [0.2, 0.25) is 0 Å². The summed E-state index contributed by atoms with van der Waals surface area (Å²) in [5.41, 5.74) is 0.461. The zero-order valence-corrected chi connectivity index (χ0v) is 12.1. The predicted octanol–water partition coefficient (Wildman–Crippen LogP) is 2.26. The van der Waals surface area contributed by atoms with E-state index in [0.717, 1.165) is 8.04 Å². The van der Waals surface area contributed by atoms with Gasteiger partial charge >= 0.3 is 5.97 Å². The number of carbonyl (C=O) groups is 2. The van der Waals surface area contributed by atoms with Gasteiger partial charge in [-0.25, -0.2) is 0 Å². The van der Waals surface area contributed by atoms with Crippen LogP contribution in [0.15, 0.2) is 22.7 Å². The third-order valence-corrected chi connectivity index (χ3v) is 3.32. The minimum Gasteiger partial charge on any atom is -0.480 e. The van der Waals surface area contributed by atoms with E-state index >= 15 is 0 Å². The van der Waals surface area contributed by atoms with Crippen LogP contribution in [-0.2, 0) is 4.79 Å². The molecule has 0 saturated carbocycles. The third-order valence-electron chi connectivity index (χ3n) is 1.89. The maximum atomic E-state index is 11.7. The van der Waals surface area contributed by atoms with Gasteiger partial charge in [-0.2, -0.15) is 0 Å². The molecule has 0 aliphatic rings. The average molecular weight is 398 g/mol. The normalized spacial score (nSPS) is 11.9. The second kappa shape index (κ2) is 5.62. The molecule has 0 aliphatic heterocycles. The highest BCUT2D eigenvalue weighted by Crippen LogP contribution is 2.18. The van der Waals surface area contributed by atoms with Crippen molar-refractivity contribution >= 4 is 50.4 Å². The van der Waals surface area contributed by atoms with Crippen LogP contribution in [0.4, 0.5) is 0 Å². The van der Waals surface area contributed by atoms with Crippen molar-refractivity contribution in [1.82, 2.24) is 5.32 Å². The van der Waals surface area contributed by atoms with Crippen molar-refractivity contribution in [1.29, 1.82) is 0 Å². The summed E-state index contributed by atoms with van der Waals surface area (Å²) in [6, 6.07) is 4.36. The second-order valence-corrected chi connectivity index (χ2v) is 5.24. The highest BCUT2D eigenvalue weighted by atomic mass is 127. The van der Waals surface area contributed by atoms with Gasteiger partial charge in [-0.15, -0.1) is 0 Å². The molecule has 1 atom stereocenters. The lowest BCUT2D eigenvalue weighted by Gasteiger charge is -2.10. The van der Waals surface area contributed by atoms with Gasteiger partial charge in [0, 0.05) is 8.04 Å². The van der Waals surface area contributed by atoms with E-state index in [-0.39, 0.29) is 5.91 Å². The molecular weight excluding hydrogens is 389 g/mol. The Labute approximate surface area is 115 Å².